The Kier molecular flexibility index (Phi) is 6.13. The molecule has 4 rings (SSSR count). The van der Waals surface area contributed by atoms with Gasteiger partial charge in [-0.05, 0) is 23.6 Å². The van der Waals surface area contributed by atoms with E-state index in [0.717, 1.165) is 27.6 Å². The zero-order valence-corrected chi connectivity index (χ0v) is 17.4. The van der Waals surface area contributed by atoms with E-state index in [1.165, 1.54) is 0 Å². The molecule has 5 heteroatoms. The van der Waals surface area contributed by atoms with Crippen LogP contribution in [-0.2, 0) is 17.9 Å². The highest BCUT2D eigenvalue weighted by atomic mass is 16.5. The summed E-state index contributed by atoms with van der Waals surface area (Å²) >= 11 is 0. The molecule has 156 valence electrons. The predicted molar refractivity (Wildman–Crippen MR) is 125 cm³/mol. The Hall–Kier alpha value is -3.86. The van der Waals surface area contributed by atoms with Gasteiger partial charge in [-0.2, -0.15) is 0 Å². The van der Waals surface area contributed by atoms with E-state index in [-0.39, 0.29) is 19.1 Å². The molecule has 0 saturated heterocycles. The molecule has 3 aromatic carbocycles. The Morgan fingerprint density at radius 3 is 2.48 bits per heavy atom. The fourth-order valence-corrected chi connectivity index (χ4v) is 3.70. The molecule has 0 N–H and O–H groups in total. The lowest BCUT2D eigenvalue weighted by Crippen LogP contribution is -2.34. The van der Waals surface area contributed by atoms with Gasteiger partial charge >= 0.3 is 0 Å². The molecule has 1 heterocycles. The fraction of sp³-hybridized carbons (Fsp3) is 0.154. The van der Waals surface area contributed by atoms with Crippen LogP contribution in [0, 0.1) is 0 Å². The summed E-state index contributed by atoms with van der Waals surface area (Å²) in [7, 11) is 0. The number of carbonyl (C=O) groups is 1. The lowest BCUT2D eigenvalue weighted by Gasteiger charge is -2.20. The molecule has 0 radical (unpaired) electrons. The molecular weight excluding hydrogens is 386 g/mol. The zero-order chi connectivity index (χ0) is 21.6. The number of rotatable bonds is 9. The molecule has 0 saturated carbocycles. The average Bonchev–Trinajstić information content (AvgIpc) is 3.14. The Morgan fingerprint density at radius 1 is 0.968 bits per heavy atom. The maximum absolute atomic E-state index is 13.0. The molecule has 0 unspecified atom stereocenters. The molecule has 1 aromatic heterocycles. The monoisotopic (exact) mass is 411 g/mol. The second-order valence-electron chi connectivity index (χ2n) is 7.24. The molecule has 5 nitrogen and oxygen atoms in total. The molecule has 0 aliphatic heterocycles. The number of para-hydroxylation sites is 2. The normalized spacial score (nSPS) is 10.8. The number of carbonyl (C=O) groups excluding carboxylic acids is 1. The van der Waals surface area contributed by atoms with Gasteiger partial charge in [0, 0.05) is 18.5 Å². The van der Waals surface area contributed by atoms with E-state index in [9.17, 15) is 4.79 Å². The number of aromatic nitrogens is 2. The van der Waals surface area contributed by atoms with Gasteiger partial charge in [0.25, 0.3) is 0 Å². The van der Waals surface area contributed by atoms with Gasteiger partial charge in [0.1, 0.15) is 24.7 Å². The fourth-order valence-electron chi connectivity index (χ4n) is 3.70. The summed E-state index contributed by atoms with van der Waals surface area (Å²) in [6, 6.07) is 21.9. The molecule has 0 bridgehead atoms. The predicted octanol–water partition coefficient (Wildman–Crippen LogP) is 4.97. The van der Waals surface area contributed by atoms with Crippen LogP contribution in [-0.4, -0.2) is 33.4 Å². The van der Waals surface area contributed by atoms with Crippen molar-refractivity contribution in [1.82, 2.24) is 14.5 Å². The highest BCUT2D eigenvalue weighted by Gasteiger charge is 2.17. The third-order valence-electron chi connectivity index (χ3n) is 5.19. The van der Waals surface area contributed by atoms with Gasteiger partial charge < -0.3 is 14.2 Å². The van der Waals surface area contributed by atoms with Crippen molar-refractivity contribution in [2.45, 2.75) is 13.2 Å². The summed E-state index contributed by atoms with van der Waals surface area (Å²) in [5, 5.41) is 2.17. The van der Waals surface area contributed by atoms with Crippen LogP contribution in [0.5, 0.6) is 5.75 Å². The molecule has 0 aliphatic rings. The third-order valence-corrected chi connectivity index (χ3v) is 5.19. The maximum Gasteiger partial charge on any atom is 0.243 e. The maximum atomic E-state index is 13.0. The molecule has 4 aromatic rings. The molecule has 1 amide bonds. The minimum Gasteiger partial charge on any atom is -0.485 e. The van der Waals surface area contributed by atoms with Gasteiger partial charge in [0.15, 0.2) is 0 Å². The van der Waals surface area contributed by atoms with Gasteiger partial charge in [-0.1, -0.05) is 60.7 Å². The largest absolute Gasteiger partial charge is 0.485 e. The lowest BCUT2D eigenvalue weighted by atomic mass is 10.1. The van der Waals surface area contributed by atoms with Gasteiger partial charge in [0.05, 0.1) is 11.0 Å². The first-order valence-corrected chi connectivity index (χ1v) is 10.3. The smallest absolute Gasteiger partial charge is 0.243 e. The first-order chi connectivity index (χ1) is 15.2. The van der Waals surface area contributed by atoms with E-state index in [4.69, 9.17) is 9.72 Å². The van der Waals surface area contributed by atoms with Crippen LogP contribution in [0.4, 0.5) is 0 Å². The van der Waals surface area contributed by atoms with Crippen LogP contribution >= 0.6 is 0 Å². The van der Waals surface area contributed by atoms with Crippen molar-refractivity contribution in [2.24, 2.45) is 0 Å². The van der Waals surface area contributed by atoms with Gasteiger partial charge in [-0.3, -0.25) is 4.79 Å². The van der Waals surface area contributed by atoms with Gasteiger partial charge in [-0.25, -0.2) is 4.98 Å². The van der Waals surface area contributed by atoms with Crippen molar-refractivity contribution < 1.29 is 9.53 Å². The molecule has 0 spiro atoms. The van der Waals surface area contributed by atoms with Crippen molar-refractivity contribution in [3.63, 3.8) is 0 Å². The van der Waals surface area contributed by atoms with E-state index >= 15 is 0 Å². The standard InChI is InChI=1S/C26H25N3O2/c1-3-16-28(17-4-2)26(30)18-29-23-14-8-7-13-22(23)27-25(29)19-31-24-15-9-11-20-10-5-6-12-21(20)24/h3-15H,1-2,16-19H2. The number of amides is 1. The topological polar surface area (TPSA) is 47.4 Å². The van der Waals surface area contributed by atoms with Crippen LogP contribution in [0.25, 0.3) is 21.8 Å². The van der Waals surface area contributed by atoms with E-state index < -0.39 is 0 Å². The minimum absolute atomic E-state index is 0.0191. The Bertz CT molecular complexity index is 1230. The number of imidazole rings is 1. The second kappa shape index (κ2) is 9.30. The highest BCUT2D eigenvalue weighted by molar-refractivity contribution is 5.88. The summed E-state index contributed by atoms with van der Waals surface area (Å²) in [5.74, 6) is 1.48. The van der Waals surface area contributed by atoms with Crippen molar-refractivity contribution in [1.29, 1.82) is 0 Å². The number of ether oxygens (including phenoxy) is 1. The number of benzene rings is 3. The molecule has 0 fully saturated rings. The summed E-state index contributed by atoms with van der Waals surface area (Å²) in [4.78, 5) is 19.4. The van der Waals surface area contributed by atoms with E-state index in [0.29, 0.717) is 18.9 Å². The number of nitrogens with zero attached hydrogens (tertiary/aromatic N) is 3. The average molecular weight is 412 g/mol. The van der Waals surface area contributed by atoms with Crippen molar-refractivity contribution in [3.8, 4) is 5.75 Å². The Balaban J connectivity index is 1.64. The molecular formula is C26H25N3O2. The molecule has 0 atom stereocenters. The summed E-state index contributed by atoms with van der Waals surface area (Å²) in [6.07, 6.45) is 3.44. The van der Waals surface area contributed by atoms with Crippen molar-refractivity contribution >= 4 is 27.7 Å². The van der Waals surface area contributed by atoms with Crippen LogP contribution in [0.2, 0.25) is 0 Å². The zero-order valence-electron chi connectivity index (χ0n) is 17.4. The van der Waals surface area contributed by atoms with E-state index in [1.54, 1.807) is 17.1 Å². The van der Waals surface area contributed by atoms with Crippen LogP contribution in [0.3, 0.4) is 0 Å². The van der Waals surface area contributed by atoms with Gasteiger partial charge in [-0.15, -0.1) is 13.2 Å². The number of hydrogen-bond acceptors (Lipinski definition) is 3. The third kappa shape index (κ3) is 4.36. The summed E-state index contributed by atoms with van der Waals surface area (Å²) in [6.45, 7) is 8.88. The van der Waals surface area contributed by atoms with Crippen LogP contribution in [0.1, 0.15) is 5.82 Å². The van der Waals surface area contributed by atoms with Crippen molar-refractivity contribution in [2.75, 3.05) is 13.1 Å². The first kappa shape index (κ1) is 20.4. The van der Waals surface area contributed by atoms with Crippen LogP contribution < -0.4 is 4.74 Å². The molecule has 31 heavy (non-hydrogen) atoms. The summed E-state index contributed by atoms with van der Waals surface area (Å²) < 4.78 is 8.10. The lowest BCUT2D eigenvalue weighted by molar-refractivity contribution is -0.130. The van der Waals surface area contributed by atoms with Crippen molar-refractivity contribution in [3.05, 3.63) is 97.9 Å². The van der Waals surface area contributed by atoms with E-state index in [2.05, 4.69) is 25.3 Å². The van der Waals surface area contributed by atoms with E-state index in [1.807, 2.05) is 59.2 Å². The second-order valence-corrected chi connectivity index (χ2v) is 7.24. The quantitative estimate of drug-likeness (QED) is 0.365. The SMILES string of the molecule is C=CCN(CC=C)C(=O)Cn1c(COc2cccc3ccccc23)nc2ccccc21. The Morgan fingerprint density at radius 2 is 1.68 bits per heavy atom. The highest BCUT2D eigenvalue weighted by Crippen LogP contribution is 2.26. The van der Waals surface area contributed by atoms with Gasteiger partial charge in [0.2, 0.25) is 5.91 Å². The van der Waals surface area contributed by atoms with Crippen LogP contribution in [0.15, 0.2) is 92.0 Å². The number of fused-ring (bicyclic) bond motifs is 2. The summed E-state index contributed by atoms with van der Waals surface area (Å²) in [5.41, 5.74) is 1.75. The first-order valence-electron chi connectivity index (χ1n) is 10.3. The minimum atomic E-state index is -0.0191. The number of hydrogen-bond donors (Lipinski definition) is 0. The Labute approximate surface area is 181 Å². The molecule has 0 aliphatic carbocycles.